The fourth-order valence-corrected chi connectivity index (χ4v) is 2.95. The zero-order chi connectivity index (χ0) is 19.4. The highest BCUT2D eigenvalue weighted by Gasteiger charge is 2.11. The van der Waals surface area contributed by atoms with Crippen molar-refractivity contribution in [3.8, 4) is 5.69 Å². The van der Waals surface area contributed by atoms with E-state index in [4.69, 9.17) is 0 Å². The molecule has 0 bridgehead atoms. The van der Waals surface area contributed by atoms with Crippen LogP contribution in [0.15, 0.2) is 59.3 Å². The Morgan fingerprint density at radius 1 is 1.07 bits per heavy atom. The standard InChI is InChI=1S/C20H19BrN4O2/c1-13-4-3-5-14(2)19(13)24-18(26)11-22-20(27)15-6-8-17(9-7-15)25-12-16(21)10-23-25/h3-10,12H,11H2,1-2H3,(H,22,27)(H,24,26). The number of carbonyl (C=O) groups excluding carboxylic acids is 2. The molecule has 0 atom stereocenters. The molecular formula is C20H19BrN4O2. The van der Waals surface area contributed by atoms with Gasteiger partial charge in [0.1, 0.15) is 0 Å². The van der Waals surface area contributed by atoms with Gasteiger partial charge < -0.3 is 10.6 Å². The molecule has 1 heterocycles. The lowest BCUT2D eigenvalue weighted by molar-refractivity contribution is -0.115. The summed E-state index contributed by atoms with van der Waals surface area (Å²) < 4.78 is 2.57. The molecule has 2 N–H and O–H groups in total. The summed E-state index contributed by atoms with van der Waals surface area (Å²) in [5.41, 5.74) is 4.06. The van der Waals surface area contributed by atoms with E-state index in [1.165, 1.54) is 0 Å². The van der Waals surface area contributed by atoms with Crippen LogP contribution in [-0.2, 0) is 4.79 Å². The average Bonchev–Trinajstić information content (AvgIpc) is 3.09. The van der Waals surface area contributed by atoms with Crippen molar-refractivity contribution in [2.45, 2.75) is 13.8 Å². The van der Waals surface area contributed by atoms with E-state index in [9.17, 15) is 9.59 Å². The molecule has 1 aromatic heterocycles. The van der Waals surface area contributed by atoms with E-state index in [1.807, 2.05) is 38.2 Å². The molecule has 0 radical (unpaired) electrons. The van der Waals surface area contributed by atoms with E-state index in [2.05, 4.69) is 31.7 Å². The third kappa shape index (κ3) is 4.62. The third-order valence-corrected chi connectivity index (χ3v) is 4.51. The first-order valence-corrected chi connectivity index (χ1v) is 9.18. The monoisotopic (exact) mass is 426 g/mol. The molecule has 2 amide bonds. The van der Waals surface area contributed by atoms with Gasteiger partial charge in [-0.15, -0.1) is 0 Å². The van der Waals surface area contributed by atoms with Gasteiger partial charge in [0.15, 0.2) is 0 Å². The molecule has 0 spiro atoms. The predicted molar refractivity (Wildman–Crippen MR) is 108 cm³/mol. The quantitative estimate of drug-likeness (QED) is 0.653. The maximum Gasteiger partial charge on any atom is 0.251 e. The molecule has 6 nitrogen and oxygen atoms in total. The van der Waals surface area contributed by atoms with Crippen LogP contribution in [0.2, 0.25) is 0 Å². The van der Waals surface area contributed by atoms with Crippen molar-refractivity contribution in [3.63, 3.8) is 0 Å². The van der Waals surface area contributed by atoms with Crippen LogP contribution in [0.4, 0.5) is 5.69 Å². The number of carbonyl (C=O) groups is 2. The first kappa shape index (κ1) is 18.8. The van der Waals surface area contributed by atoms with Gasteiger partial charge in [0.05, 0.1) is 22.9 Å². The van der Waals surface area contributed by atoms with Gasteiger partial charge in [-0.05, 0) is 65.2 Å². The van der Waals surface area contributed by atoms with E-state index < -0.39 is 0 Å². The normalized spacial score (nSPS) is 10.5. The molecule has 3 aromatic rings. The van der Waals surface area contributed by atoms with Crippen LogP contribution in [0, 0.1) is 13.8 Å². The van der Waals surface area contributed by atoms with Gasteiger partial charge in [-0.25, -0.2) is 4.68 Å². The number of para-hydroxylation sites is 1. The number of nitrogens with one attached hydrogen (secondary N) is 2. The second-order valence-corrected chi connectivity index (χ2v) is 7.06. The smallest absolute Gasteiger partial charge is 0.251 e. The number of aromatic nitrogens is 2. The number of benzene rings is 2. The number of amides is 2. The molecule has 138 valence electrons. The molecule has 0 unspecified atom stereocenters. The number of hydrogen-bond donors (Lipinski definition) is 2. The molecule has 2 aromatic carbocycles. The van der Waals surface area contributed by atoms with Crippen molar-refractivity contribution in [3.05, 3.63) is 76.0 Å². The second-order valence-electron chi connectivity index (χ2n) is 6.15. The van der Waals surface area contributed by atoms with E-state index in [-0.39, 0.29) is 18.4 Å². The molecule has 0 saturated heterocycles. The van der Waals surface area contributed by atoms with E-state index in [0.717, 1.165) is 27.0 Å². The Kier molecular flexibility index (Phi) is 5.71. The number of aryl methyl sites for hydroxylation is 2. The molecule has 27 heavy (non-hydrogen) atoms. The highest BCUT2D eigenvalue weighted by Crippen LogP contribution is 2.19. The van der Waals surface area contributed by atoms with Gasteiger partial charge in [-0.1, -0.05) is 18.2 Å². The topological polar surface area (TPSA) is 76.0 Å². The van der Waals surface area contributed by atoms with Crippen LogP contribution in [0.5, 0.6) is 0 Å². The Hall–Kier alpha value is -2.93. The molecule has 0 aliphatic rings. The number of halogens is 1. The summed E-state index contributed by atoms with van der Waals surface area (Å²) in [5, 5.41) is 9.68. The minimum atomic E-state index is -0.306. The van der Waals surface area contributed by atoms with Gasteiger partial charge in [0.2, 0.25) is 5.91 Å². The van der Waals surface area contributed by atoms with E-state index in [0.29, 0.717) is 5.56 Å². The summed E-state index contributed by atoms with van der Waals surface area (Å²) in [5.74, 6) is -0.571. The lowest BCUT2D eigenvalue weighted by Gasteiger charge is -2.12. The molecular weight excluding hydrogens is 408 g/mol. The summed E-state index contributed by atoms with van der Waals surface area (Å²) in [6, 6.07) is 12.8. The van der Waals surface area contributed by atoms with Crippen molar-refractivity contribution in [1.29, 1.82) is 0 Å². The first-order chi connectivity index (χ1) is 12.9. The van der Waals surface area contributed by atoms with Crippen molar-refractivity contribution < 1.29 is 9.59 Å². The maximum absolute atomic E-state index is 12.3. The van der Waals surface area contributed by atoms with Crippen molar-refractivity contribution in [1.82, 2.24) is 15.1 Å². The van der Waals surface area contributed by atoms with Gasteiger partial charge in [-0.2, -0.15) is 5.10 Å². The summed E-state index contributed by atoms with van der Waals surface area (Å²) in [4.78, 5) is 24.4. The Labute approximate surface area is 165 Å². The predicted octanol–water partition coefficient (Wildman–Crippen LogP) is 3.62. The number of rotatable bonds is 5. The Morgan fingerprint density at radius 3 is 2.33 bits per heavy atom. The number of anilines is 1. The molecule has 7 heteroatoms. The minimum Gasteiger partial charge on any atom is -0.343 e. The molecule has 0 aliphatic heterocycles. The van der Waals surface area contributed by atoms with Crippen molar-refractivity contribution in [2.24, 2.45) is 0 Å². The maximum atomic E-state index is 12.3. The third-order valence-electron chi connectivity index (χ3n) is 4.10. The van der Waals surface area contributed by atoms with Crippen molar-refractivity contribution in [2.75, 3.05) is 11.9 Å². The van der Waals surface area contributed by atoms with Gasteiger partial charge in [0.25, 0.3) is 5.91 Å². The highest BCUT2D eigenvalue weighted by molar-refractivity contribution is 9.10. The Bertz CT molecular complexity index is 960. The minimum absolute atomic E-state index is 0.0968. The lowest BCUT2D eigenvalue weighted by atomic mass is 10.1. The summed E-state index contributed by atoms with van der Waals surface area (Å²) in [6.07, 6.45) is 3.52. The van der Waals surface area contributed by atoms with Crippen LogP contribution in [-0.4, -0.2) is 28.1 Å². The number of hydrogen-bond acceptors (Lipinski definition) is 3. The molecule has 3 rings (SSSR count). The SMILES string of the molecule is Cc1cccc(C)c1NC(=O)CNC(=O)c1ccc(-n2cc(Br)cn2)cc1. The molecule has 0 saturated carbocycles. The molecule has 0 aliphatic carbocycles. The Balaban J connectivity index is 1.58. The fraction of sp³-hybridized carbons (Fsp3) is 0.150. The van der Waals surface area contributed by atoms with Crippen LogP contribution < -0.4 is 10.6 Å². The van der Waals surface area contributed by atoms with Gasteiger partial charge in [0, 0.05) is 17.4 Å². The second kappa shape index (κ2) is 8.18. The lowest BCUT2D eigenvalue weighted by Crippen LogP contribution is -2.33. The highest BCUT2D eigenvalue weighted by atomic mass is 79.9. The van der Waals surface area contributed by atoms with E-state index >= 15 is 0 Å². The molecule has 0 fully saturated rings. The van der Waals surface area contributed by atoms with Crippen LogP contribution in [0.3, 0.4) is 0 Å². The van der Waals surface area contributed by atoms with Crippen LogP contribution in [0.1, 0.15) is 21.5 Å². The summed E-state index contributed by atoms with van der Waals surface area (Å²) >= 11 is 3.35. The van der Waals surface area contributed by atoms with Gasteiger partial charge in [-0.3, -0.25) is 9.59 Å². The zero-order valence-corrected chi connectivity index (χ0v) is 16.6. The zero-order valence-electron chi connectivity index (χ0n) is 15.0. The first-order valence-electron chi connectivity index (χ1n) is 8.39. The van der Waals surface area contributed by atoms with Crippen molar-refractivity contribution >= 4 is 33.4 Å². The van der Waals surface area contributed by atoms with Gasteiger partial charge >= 0.3 is 0 Å². The van der Waals surface area contributed by atoms with Crippen LogP contribution in [0.25, 0.3) is 5.69 Å². The largest absolute Gasteiger partial charge is 0.343 e. The fourth-order valence-electron chi connectivity index (χ4n) is 2.67. The Morgan fingerprint density at radius 2 is 1.74 bits per heavy atom. The summed E-state index contributed by atoms with van der Waals surface area (Å²) in [7, 11) is 0. The average molecular weight is 427 g/mol. The van der Waals surface area contributed by atoms with Crippen LogP contribution >= 0.6 is 15.9 Å². The number of nitrogens with zero attached hydrogens (tertiary/aromatic N) is 2. The summed E-state index contributed by atoms with van der Waals surface area (Å²) in [6.45, 7) is 3.77. The van der Waals surface area contributed by atoms with E-state index in [1.54, 1.807) is 35.1 Å².